The van der Waals surface area contributed by atoms with Crippen molar-refractivity contribution in [3.05, 3.63) is 30.1 Å². The quantitative estimate of drug-likeness (QED) is 0.902. The lowest BCUT2D eigenvalue weighted by atomic mass is 9.97. The Morgan fingerprint density at radius 3 is 2.53 bits per heavy atom. The maximum absolute atomic E-state index is 12.3. The molecular weight excluding hydrogens is 285 g/mol. The van der Waals surface area contributed by atoms with Crippen molar-refractivity contribution in [2.24, 2.45) is 5.73 Å². The minimum atomic E-state index is 0. The largest absolute Gasteiger partial charge is 0.335 e. The number of hydrogen-bond acceptors (Lipinski definition) is 3. The molecule has 0 aromatic carbocycles. The monoisotopic (exact) mass is 303 g/mol. The smallest absolute Gasteiger partial charge is 0.227 e. The summed E-state index contributed by atoms with van der Waals surface area (Å²) in [5.74, 6) is 0.219. The van der Waals surface area contributed by atoms with E-state index in [1.54, 1.807) is 12.4 Å². The number of nitrogens with two attached hydrogens (primary N) is 1. The Morgan fingerprint density at radius 2 is 2.00 bits per heavy atom. The SMILES string of the molecule is Cl.Cl.N[C@H]1C[C@H]2CC[C@@H]1N2C(=O)Cc1ccncc1. The van der Waals surface area contributed by atoms with Gasteiger partial charge in [-0.1, -0.05) is 0 Å². The summed E-state index contributed by atoms with van der Waals surface area (Å²) in [5, 5.41) is 0. The molecule has 2 saturated heterocycles. The Balaban J connectivity index is 0.000000902. The number of hydrogen-bond donors (Lipinski definition) is 1. The van der Waals surface area contributed by atoms with Gasteiger partial charge in [-0.25, -0.2) is 0 Å². The van der Waals surface area contributed by atoms with E-state index >= 15 is 0 Å². The molecule has 106 valence electrons. The van der Waals surface area contributed by atoms with Gasteiger partial charge in [0, 0.05) is 30.5 Å². The van der Waals surface area contributed by atoms with Crippen LogP contribution < -0.4 is 5.73 Å². The van der Waals surface area contributed by atoms with Gasteiger partial charge in [-0.05, 0) is 37.0 Å². The number of aromatic nitrogens is 1. The van der Waals surface area contributed by atoms with Crippen LogP contribution in [0.2, 0.25) is 0 Å². The highest BCUT2D eigenvalue weighted by Gasteiger charge is 2.46. The van der Waals surface area contributed by atoms with Crippen LogP contribution in [0.15, 0.2) is 24.5 Å². The second-order valence-electron chi connectivity index (χ2n) is 5.03. The average Bonchev–Trinajstić information content (AvgIpc) is 2.86. The molecule has 4 nitrogen and oxygen atoms in total. The molecule has 0 saturated carbocycles. The van der Waals surface area contributed by atoms with E-state index in [9.17, 15) is 4.79 Å². The fourth-order valence-corrected chi connectivity index (χ4v) is 3.19. The summed E-state index contributed by atoms with van der Waals surface area (Å²) in [6.45, 7) is 0. The second-order valence-corrected chi connectivity index (χ2v) is 5.03. The van der Waals surface area contributed by atoms with Gasteiger partial charge in [0.1, 0.15) is 0 Å². The van der Waals surface area contributed by atoms with Crippen LogP contribution in [0, 0.1) is 0 Å². The highest BCUT2D eigenvalue weighted by molar-refractivity contribution is 5.85. The van der Waals surface area contributed by atoms with E-state index in [0.717, 1.165) is 24.8 Å². The molecule has 0 radical (unpaired) electrons. The molecule has 6 heteroatoms. The summed E-state index contributed by atoms with van der Waals surface area (Å²) in [6.07, 6.45) is 7.11. The molecule has 2 N–H and O–H groups in total. The molecule has 2 bridgehead atoms. The van der Waals surface area contributed by atoms with E-state index in [-0.39, 0.29) is 42.8 Å². The number of halogens is 2. The molecular formula is C13H19Cl2N3O. The van der Waals surface area contributed by atoms with Crippen LogP contribution in [-0.4, -0.2) is 33.9 Å². The van der Waals surface area contributed by atoms with Gasteiger partial charge in [-0.15, -0.1) is 24.8 Å². The molecule has 3 heterocycles. The van der Waals surface area contributed by atoms with Crippen molar-refractivity contribution in [3.63, 3.8) is 0 Å². The summed E-state index contributed by atoms with van der Waals surface area (Å²) in [7, 11) is 0. The summed E-state index contributed by atoms with van der Waals surface area (Å²) in [6, 6.07) is 4.67. The lowest BCUT2D eigenvalue weighted by Crippen LogP contribution is -2.41. The molecule has 2 aliphatic rings. The van der Waals surface area contributed by atoms with Crippen LogP contribution in [0.25, 0.3) is 0 Å². The maximum atomic E-state index is 12.3. The fraction of sp³-hybridized carbons (Fsp3) is 0.538. The first-order chi connectivity index (χ1) is 8.25. The van der Waals surface area contributed by atoms with E-state index in [4.69, 9.17) is 5.73 Å². The molecule has 3 atom stereocenters. The van der Waals surface area contributed by atoms with Gasteiger partial charge in [0.2, 0.25) is 5.91 Å². The summed E-state index contributed by atoms with van der Waals surface area (Å²) in [4.78, 5) is 18.3. The third-order valence-electron chi connectivity index (χ3n) is 3.98. The normalized spacial score (nSPS) is 27.6. The number of carbonyl (C=O) groups is 1. The molecule has 0 unspecified atom stereocenters. The molecule has 2 aliphatic heterocycles. The highest BCUT2D eigenvalue weighted by Crippen LogP contribution is 2.37. The molecule has 1 amide bonds. The van der Waals surface area contributed by atoms with Gasteiger partial charge in [0.25, 0.3) is 0 Å². The molecule has 0 aliphatic carbocycles. The van der Waals surface area contributed by atoms with Crippen molar-refractivity contribution in [3.8, 4) is 0 Å². The first-order valence-electron chi connectivity index (χ1n) is 6.21. The van der Waals surface area contributed by atoms with Crippen LogP contribution in [0.5, 0.6) is 0 Å². The van der Waals surface area contributed by atoms with Crippen molar-refractivity contribution >= 4 is 30.7 Å². The molecule has 1 aromatic rings. The van der Waals surface area contributed by atoms with Crippen LogP contribution in [0.4, 0.5) is 0 Å². The van der Waals surface area contributed by atoms with Crippen LogP contribution in [0.3, 0.4) is 0 Å². The summed E-state index contributed by atoms with van der Waals surface area (Å²) >= 11 is 0. The number of rotatable bonds is 2. The zero-order chi connectivity index (χ0) is 11.8. The van der Waals surface area contributed by atoms with Gasteiger partial charge in [-0.2, -0.15) is 0 Å². The summed E-state index contributed by atoms with van der Waals surface area (Å²) in [5.41, 5.74) is 7.07. The zero-order valence-electron chi connectivity index (χ0n) is 10.6. The predicted octanol–water partition coefficient (Wildman–Crippen LogP) is 1.56. The first-order valence-corrected chi connectivity index (χ1v) is 6.21. The molecule has 1 aromatic heterocycles. The maximum Gasteiger partial charge on any atom is 0.227 e. The van der Waals surface area contributed by atoms with Crippen LogP contribution >= 0.6 is 24.8 Å². The minimum Gasteiger partial charge on any atom is -0.335 e. The standard InChI is InChI=1S/C13H17N3O.2ClH/c14-11-8-10-1-2-12(11)16(10)13(17)7-9-3-5-15-6-4-9;;/h3-6,10-12H,1-2,7-8,14H2;2*1H/t10-,11+,12+;;/m1../s1. The van der Waals surface area contributed by atoms with Crippen molar-refractivity contribution in [2.75, 3.05) is 0 Å². The lowest BCUT2D eigenvalue weighted by Gasteiger charge is -2.23. The number of pyridine rings is 1. The molecule has 19 heavy (non-hydrogen) atoms. The number of nitrogens with zero attached hydrogens (tertiary/aromatic N) is 2. The van der Waals surface area contributed by atoms with E-state index in [2.05, 4.69) is 4.98 Å². The van der Waals surface area contributed by atoms with Crippen molar-refractivity contribution < 1.29 is 4.79 Å². The van der Waals surface area contributed by atoms with Crippen molar-refractivity contribution in [2.45, 2.75) is 43.8 Å². The minimum absolute atomic E-state index is 0. The Labute approximate surface area is 125 Å². The van der Waals surface area contributed by atoms with E-state index in [1.165, 1.54) is 0 Å². The Bertz CT molecular complexity index is 429. The average molecular weight is 304 g/mol. The number of fused-ring (bicyclic) bond motifs is 2. The van der Waals surface area contributed by atoms with Gasteiger partial charge in [0.15, 0.2) is 0 Å². The predicted molar refractivity (Wildman–Crippen MR) is 78.7 cm³/mol. The van der Waals surface area contributed by atoms with E-state index in [0.29, 0.717) is 12.5 Å². The number of carbonyl (C=O) groups excluding carboxylic acids is 1. The third-order valence-corrected chi connectivity index (χ3v) is 3.98. The Hall–Kier alpha value is -0.840. The van der Waals surface area contributed by atoms with E-state index < -0.39 is 0 Å². The van der Waals surface area contributed by atoms with Crippen LogP contribution in [-0.2, 0) is 11.2 Å². The third kappa shape index (κ3) is 3.02. The molecule has 0 spiro atoms. The summed E-state index contributed by atoms with van der Waals surface area (Å²) < 4.78 is 0. The Morgan fingerprint density at radius 1 is 1.32 bits per heavy atom. The van der Waals surface area contributed by atoms with Crippen molar-refractivity contribution in [1.82, 2.24) is 9.88 Å². The van der Waals surface area contributed by atoms with Gasteiger partial charge >= 0.3 is 0 Å². The van der Waals surface area contributed by atoms with Crippen molar-refractivity contribution in [1.29, 1.82) is 0 Å². The second kappa shape index (κ2) is 6.55. The van der Waals surface area contributed by atoms with E-state index in [1.807, 2.05) is 17.0 Å². The van der Waals surface area contributed by atoms with Gasteiger partial charge < -0.3 is 10.6 Å². The van der Waals surface area contributed by atoms with Gasteiger partial charge in [0.05, 0.1) is 6.42 Å². The lowest BCUT2D eigenvalue weighted by molar-refractivity contribution is -0.131. The molecule has 2 fully saturated rings. The highest BCUT2D eigenvalue weighted by atomic mass is 35.5. The first kappa shape index (κ1) is 16.2. The Kier molecular flexibility index (Phi) is 5.59. The van der Waals surface area contributed by atoms with Crippen LogP contribution in [0.1, 0.15) is 24.8 Å². The number of amides is 1. The zero-order valence-corrected chi connectivity index (χ0v) is 12.2. The molecule has 3 rings (SSSR count). The fourth-order valence-electron chi connectivity index (χ4n) is 3.19. The topological polar surface area (TPSA) is 59.2 Å². The van der Waals surface area contributed by atoms with Gasteiger partial charge in [-0.3, -0.25) is 9.78 Å².